The minimum atomic E-state index is -0.488. The monoisotopic (exact) mass is 415 g/mol. The summed E-state index contributed by atoms with van der Waals surface area (Å²) in [4.78, 5) is 25.7. The third-order valence-corrected chi connectivity index (χ3v) is 5.91. The summed E-state index contributed by atoms with van der Waals surface area (Å²) in [5, 5.41) is 0. The zero-order chi connectivity index (χ0) is 21.4. The molecular formula is C24H22FN5O. The van der Waals surface area contributed by atoms with Gasteiger partial charge in [-0.1, -0.05) is 24.3 Å². The molecule has 4 heterocycles. The Morgan fingerprint density at radius 1 is 1.06 bits per heavy atom. The number of pyridine rings is 2. The first-order valence-corrected chi connectivity index (χ1v) is 10.2. The maximum Gasteiger partial charge on any atom is 0.256 e. The topological polar surface area (TPSA) is 53.7 Å². The fourth-order valence-electron chi connectivity index (χ4n) is 4.14. The second-order valence-electron chi connectivity index (χ2n) is 7.81. The summed E-state index contributed by atoms with van der Waals surface area (Å²) in [6.07, 6.45) is 7.43. The molecule has 1 amide bonds. The van der Waals surface area contributed by atoms with Crippen LogP contribution in [0.1, 0.15) is 22.1 Å². The second kappa shape index (κ2) is 7.92. The van der Waals surface area contributed by atoms with Gasteiger partial charge in [0, 0.05) is 43.8 Å². The lowest BCUT2D eigenvalue weighted by Crippen LogP contribution is -2.49. The van der Waals surface area contributed by atoms with Crippen molar-refractivity contribution >= 4 is 11.4 Å². The quantitative estimate of drug-likeness (QED) is 0.512. The molecule has 0 aliphatic carbocycles. The van der Waals surface area contributed by atoms with Crippen molar-refractivity contribution in [2.75, 3.05) is 26.7 Å². The van der Waals surface area contributed by atoms with Crippen molar-refractivity contribution in [2.45, 2.75) is 6.04 Å². The summed E-state index contributed by atoms with van der Waals surface area (Å²) in [5.74, 6) is -0.767. The Labute approximate surface area is 179 Å². The normalized spacial score (nSPS) is 17.2. The number of fused-ring (bicyclic) bond motifs is 1. The molecule has 1 aliphatic heterocycles. The number of aromatic nitrogens is 3. The molecule has 156 valence electrons. The zero-order valence-corrected chi connectivity index (χ0v) is 17.1. The van der Waals surface area contributed by atoms with Crippen molar-refractivity contribution in [3.63, 3.8) is 0 Å². The lowest BCUT2D eigenvalue weighted by atomic mass is 10.1. The average molecular weight is 415 g/mol. The van der Waals surface area contributed by atoms with Gasteiger partial charge in [0.05, 0.1) is 29.1 Å². The van der Waals surface area contributed by atoms with Gasteiger partial charge in [-0.25, -0.2) is 9.37 Å². The highest BCUT2D eigenvalue weighted by Gasteiger charge is 2.32. The van der Waals surface area contributed by atoms with Crippen LogP contribution in [0, 0.1) is 5.82 Å². The highest BCUT2D eigenvalue weighted by atomic mass is 19.1. The van der Waals surface area contributed by atoms with E-state index in [-0.39, 0.29) is 17.5 Å². The van der Waals surface area contributed by atoms with Crippen LogP contribution < -0.4 is 0 Å². The third kappa shape index (κ3) is 3.57. The molecule has 0 N–H and O–H groups in total. The number of halogens is 1. The van der Waals surface area contributed by atoms with Crippen LogP contribution in [0.5, 0.6) is 0 Å². The molecule has 1 fully saturated rings. The minimum absolute atomic E-state index is 0.0706. The maximum atomic E-state index is 14.2. The maximum absolute atomic E-state index is 14.2. The van der Waals surface area contributed by atoms with Crippen molar-refractivity contribution in [3.05, 3.63) is 90.5 Å². The fraction of sp³-hybridized carbons (Fsp3) is 0.208. The van der Waals surface area contributed by atoms with Crippen molar-refractivity contribution in [1.82, 2.24) is 24.2 Å². The number of hydrogen-bond donors (Lipinski definition) is 0. The van der Waals surface area contributed by atoms with Gasteiger partial charge in [-0.15, -0.1) is 0 Å². The van der Waals surface area contributed by atoms with Gasteiger partial charge >= 0.3 is 0 Å². The van der Waals surface area contributed by atoms with E-state index < -0.39 is 5.82 Å². The zero-order valence-electron chi connectivity index (χ0n) is 17.1. The lowest BCUT2D eigenvalue weighted by Gasteiger charge is -2.39. The van der Waals surface area contributed by atoms with Crippen molar-refractivity contribution in [1.29, 1.82) is 0 Å². The van der Waals surface area contributed by atoms with E-state index in [1.165, 1.54) is 12.1 Å². The van der Waals surface area contributed by atoms with E-state index >= 15 is 0 Å². The number of hydrogen-bond acceptors (Lipinski definition) is 4. The highest BCUT2D eigenvalue weighted by molar-refractivity contribution is 5.94. The van der Waals surface area contributed by atoms with Crippen LogP contribution in [0.15, 0.2) is 73.4 Å². The van der Waals surface area contributed by atoms with Crippen LogP contribution in [-0.2, 0) is 0 Å². The van der Waals surface area contributed by atoms with Gasteiger partial charge in [-0.05, 0) is 36.9 Å². The summed E-state index contributed by atoms with van der Waals surface area (Å²) >= 11 is 0. The first kappa shape index (κ1) is 19.4. The van der Waals surface area contributed by atoms with Gasteiger partial charge in [0.15, 0.2) is 0 Å². The molecule has 1 aromatic carbocycles. The summed E-state index contributed by atoms with van der Waals surface area (Å²) < 4.78 is 16.2. The molecule has 1 atom stereocenters. The predicted octanol–water partition coefficient (Wildman–Crippen LogP) is 3.66. The smallest absolute Gasteiger partial charge is 0.256 e. The van der Waals surface area contributed by atoms with Crippen LogP contribution >= 0.6 is 0 Å². The van der Waals surface area contributed by atoms with E-state index in [9.17, 15) is 9.18 Å². The Balaban J connectivity index is 1.44. The Hall–Kier alpha value is -3.58. The van der Waals surface area contributed by atoms with E-state index in [4.69, 9.17) is 0 Å². The number of amides is 1. The largest absolute Gasteiger partial charge is 0.335 e. The second-order valence-corrected chi connectivity index (χ2v) is 7.81. The SMILES string of the molecule is CN1CCN(C(=O)c2ccccc2F)CC1c1ncn2cc(-c3cccnc3)ccc12. The van der Waals surface area contributed by atoms with Gasteiger partial charge in [0.2, 0.25) is 0 Å². The molecule has 0 bridgehead atoms. The lowest BCUT2D eigenvalue weighted by molar-refractivity contribution is 0.0538. The Kier molecular flexibility index (Phi) is 4.95. The Bertz CT molecular complexity index is 1240. The van der Waals surface area contributed by atoms with E-state index in [1.54, 1.807) is 29.6 Å². The molecule has 0 saturated carbocycles. The predicted molar refractivity (Wildman–Crippen MR) is 116 cm³/mol. The van der Waals surface area contributed by atoms with E-state index in [1.807, 2.05) is 36.0 Å². The first-order valence-electron chi connectivity index (χ1n) is 10.2. The number of carbonyl (C=O) groups is 1. The number of nitrogens with zero attached hydrogens (tertiary/aromatic N) is 5. The standard InChI is InChI=1S/C24H22FN5O/c1-28-11-12-29(24(31)19-6-2-3-7-20(19)25)15-22(28)23-21-9-8-18(14-30(21)16-27-23)17-5-4-10-26-13-17/h2-10,13-14,16,22H,11-12,15H2,1H3. The average Bonchev–Trinajstić information content (AvgIpc) is 3.23. The molecule has 1 unspecified atom stereocenters. The number of rotatable bonds is 3. The molecule has 5 rings (SSSR count). The molecule has 4 aromatic rings. The van der Waals surface area contributed by atoms with Gasteiger partial charge < -0.3 is 9.30 Å². The molecule has 7 heteroatoms. The molecule has 0 spiro atoms. The van der Waals surface area contributed by atoms with Crippen LogP contribution in [0.3, 0.4) is 0 Å². The van der Waals surface area contributed by atoms with Gasteiger partial charge in [0.1, 0.15) is 5.82 Å². The molecule has 31 heavy (non-hydrogen) atoms. The van der Waals surface area contributed by atoms with Gasteiger partial charge in [-0.2, -0.15) is 0 Å². The molecule has 1 saturated heterocycles. The number of piperazine rings is 1. The van der Waals surface area contributed by atoms with Gasteiger partial charge in [0.25, 0.3) is 5.91 Å². The number of carbonyl (C=O) groups excluding carboxylic acids is 1. The highest BCUT2D eigenvalue weighted by Crippen LogP contribution is 2.29. The summed E-state index contributed by atoms with van der Waals surface area (Å²) in [7, 11) is 2.03. The van der Waals surface area contributed by atoms with E-state index in [0.717, 1.165) is 22.3 Å². The number of imidazole rings is 1. The molecule has 0 radical (unpaired) electrons. The first-order chi connectivity index (χ1) is 15.1. The Morgan fingerprint density at radius 2 is 1.94 bits per heavy atom. The van der Waals surface area contributed by atoms with Crippen LogP contribution in [0.25, 0.3) is 16.6 Å². The van der Waals surface area contributed by atoms with E-state index in [0.29, 0.717) is 19.6 Å². The number of likely N-dealkylation sites (N-methyl/N-ethyl adjacent to an activating group) is 1. The van der Waals surface area contributed by atoms with Crippen LogP contribution in [-0.4, -0.2) is 56.8 Å². The molecule has 6 nitrogen and oxygen atoms in total. The van der Waals surface area contributed by atoms with Crippen LogP contribution in [0.2, 0.25) is 0 Å². The Morgan fingerprint density at radius 3 is 2.74 bits per heavy atom. The third-order valence-electron chi connectivity index (χ3n) is 5.91. The fourth-order valence-corrected chi connectivity index (χ4v) is 4.14. The molecule has 3 aromatic heterocycles. The number of benzene rings is 1. The van der Waals surface area contributed by atoms with Crippen molar-refractivity contribution < 1.29 is 9.18 Å². The summed E-state index contributed by atoms with van der Waals surface area (Å²) in [5.41, 5.74) is 4.10. The summed E-state index contributed by atoms with van der Waals surface area (Å²) in [6.45, 7) is 1.70. The molecule has 1 aliphatic rings. The van der Waals surface area contributed by atoms with Crippen molar-refractivity contribution in [3.8, 4) is 11.1 Å². The summed E-state index contributed by atoms with van der Waals surface area (Å²) in [6, 6.07) is 14.1. The van der Waals surface area contributed by atoms with Crippen molar-refractivity contribution in [2.24, 2.45) is 0 Å². The van der Waals surface area contributed by atoms with Crippen LogP contribution in [0.4, 0.5) is 4.39 Å². The molecular weight excluding hydrogens is 393 g/mol. The van der Waals surface area contributed by atoms with Gasteiger partial charge in [-0.3, -0.25) is 14.7 Å². The van der Waals surface area contributed by atoms with E-state index in [2.05, 4.69) is 27.0 Å². The minimum Gasteiger partial charge on any atom is -0.335 e.